The van der Waals surface area contributed by atoms with Crippen LogP contribution in [0.2, 0.25) is 5.02 Å². The Morgan fingerprint density at radius 2 is 2.27 bits per heavy atom. The molecule has 0 N–H and O–H groups in total. The third kappa shape index (κ3) is 3.68. The van der Waals surface area contributed by atoms with Gasteiger partial charge in [0.15, 0.2) is 0 Å². The van der Waals surface area contributed by atoms with Crippen LogP contribution >= 0.6 is 23.2 Å². The van der Waals surface area contributed by atoms with Crippen molar-refractivity contribution in [1.29, 1.82) is 0 Å². The first-order valence-corrected chi connectivity index (χ1v) is 5.33. The summed E-state index contributed by atoms with van der Waals surface area (Å²) in [6.07, 6.45) is 1.45. The number of halogens is 2. The smallest absolute Gasteiger partial charge is 0.272 e. The Morgan fingerprint density at radius 1 is 1.60 bits per heavy atom. The van der Waals surface area contributed by atoms with E-state index in [2.05, 4.69) is 4.98 Å². The maximum absolute atomic E-state index is 11.8. The van der Waals surface area contributed by atoms with Gasteiger partial charge in [-0.3, -0.25) is 4.79 Å². The van der Waals surface area contributed by atoms with Gasteiger partial charge in [0.2, 0.25) is 0 Å². The Kier molecular flexibility index (Phi) is 4.36. The van der Waals surface area contributed by atoms with Crippen LogP contribution in [-0.2, 0) is 0 Å². The monoisotopic (exact) mass is 246 g/mol. The second kappa shape index (κ2) is 5.33. The summed E-state index contributed by atoms with van der Waals surface area (Å²) in [5.74, 6) is -0.154. The maximum atomic E-state index is 11.8. The van der Waals surface area contributed by atoms with Gasteiger partial charge in [-0.2, -0.15) is 0 Å². The van der Waals surface area contributed by atoms with Crippen LogP contribution in [0.5, 0.6) is 0 Å². The van der Waals surface area contributed by atoms with Gasteiger partial charge >= 0.3 is 0 Å². The molecule has 1 aromatic heterocycles. The van der Waals surface area contributed by atoms with Crippen molar-refractivity contribution < 1.29 is 4.79 Å². The number of rotatable bonds is 3. The van der Waals surface area contributed by atoms with E-state index in [9.17, 15) is 4.79 Å². The van der Waals surface area contributed by atoms with Gasteiger partial charge in [0.05, 0.1) is 5.02 Å². The lowest BCUT2D eigenvalue weighted by atomic mass is 10.3. The van der Waals surface area contributed by atoms with E-state index in [4.69, 9.17) is 23.2 Å². The molecule has 0 spiro atoms. The van der Waals surface area contributed by atoms with E-state index in [0.717, 1.165) is 0 Å². The molecule has 0 aliphatic rings. The summed E-state index contributed by atoms with van der Waals surface area (Å²) in [5, 5.41) is 0.436. The Balaban J connectivity index is 2.72. The number of amides is 1. The van der Waals surface area contributed by atoms with Gasteiger partial charge in [-0.1, -0.05) is 11.6 Å². The molecular weight excluding hydrogens is 235 g/mol. The summed E-state index contributed by atoms with van der Waals surface area (Å²) >= 11 is 11.5. The number of pyridine rings is 1. The van der Waals surface area contributed by atoms with Gasteiger partial charge in [0.25, 0.3) is 5.91 Å². The SMILES string of the molecule is CC(Cl)CN(C)C(=O)c1ccc(Cl)cn1. The molecule has 1 heterocycles. The summed E-state index contributed by atoms with van der Waals surface area (Å²) in [7, 11) is 1.69. The Hall–Kier alpha value is -0.800. The highest BCUT2D eigenvalue weighted by Crippen LogP contribution is 2.08. The number of aromatic nitrogens is 1. The highest BCUT2D eigenvalue weighted by molar-refractivity contribution is 6.30. The number of hydrogen-bond acceptors (Lipinski definition) is 2. The fraction of sp³-hybridized carbons (Fsp3) is 0.400. The summed E-state index contributed by atoms with van der Waals surface area (Å²) < 4.78 is 0. The van der Waals surface area contributed by atoms with E-state index in [1.165, 1.54) is 11.1 Å². The molecule has 0 aliphatic heterocycles. The zero-order valence-electron chi connectivity index (χ0n) is 8.58. The summed E-state index contributed by atoms with van der Waals surface area (Å²) in [6.45, 7) is 2.32. The molecule has 1 aromatic rings. The number of hydrogen-bond donors (Lipinski definition) is 0. The van der Waals surface area contributed by atoms with Crippen molar-refractivity contribution in [2.75, 3.05) is 13.6 Å². The molecule has 0 radical (unpaired) electrons. The summed E-state index contributed by atoms with van der Waals surface area (Å²) in [6, 6.07) is 3.24. The minimum atomic E-state index is -0.154. The van der Waals surface area contributed by atoms with Crippen LogP contribution in [0.25, 0.3) is 0 Å². The van der Waals surface area contributed by atoms with Gasteiger partial charge in [0, 0.05) is 25.2 Å². The molecule has 0 bridgehead atoms. The molecule has 0 saturated carbocycles. The largest absolute Gasteiger partial charge is 0.339 e. The van der Waals surface area contributed by atoms with Gasteiger partial charge in [-0.15, -0.1) is 11.6 Å². The maximum Gasteiger partial charge on any atom is 0.272 e. The van der Waals surface area contributed by atoms with Crippen LogP contribution in [0.4, 0.5) is 0 Å². The Morgan fingerprint density at radius 3 is 2.73 bits per heavy atom. The van der Waals surface area contributed by atoms with E-state index < -0.39 is 0 Å². The lowest BCUT2D eigenvalue weighted by Gasteiger charge is -2.17. The number of carbonyl (C=O) groups is 1. The van der Waals surface area contributed by atoms with E-state index >= 15 is 0 Å². The predicted molar refractivity (Wildman–Crippen MR) is 61.5 cm³/mol. The first kappa shape index (κ1) is 12.3. The molecule has 1 amide bonds. The summed E-state index contributed by atoms with van der Waals surface area (Å²) in [5.41, 5.74) is 0.374. The van der Waals surface area contributed by atoms with E-state index in [1.807, 2.05) is 6.92 Å². The van der Waals surface area contributed by atoms with Crippen LogP contribution in [0, 0.1) is 0 Å². The molecule has 1 rings (SSSR count). The number of alkyl halides is 1. The standard InChI is InChI=1S/C10H12Cl2N2O/c1-7(11)6-14(2)10(15)9-4-3-8(12)5-13-9/h3-5,7H,6H2,1-2H3. The number of carbonyl (C=O) groups excluding carboxylic acids is 1. The van der Waals surface area contributed by atoms with E-state index in [-0.39, 0.29) is 11.3 Å². The van der Waals surface area contributed by atoms with Gasteiger partial charge in [-0.05, 0) is 19.1 Å². The van der Waals surface area contributed by atoms with Gasteiger partial charge < -0.3 is 4.90 Å². The van der Waals surface area contributed by atoms with Crippen molar-refractivity contribution in [2.24, 2.45) is 0 Å². The second-order valence-corrected chi connectivity index (χ2v) is 4.51. The first-order valence-electron chi connectivity index (χ1n) is 4.52. The molecular formula is C10H12Cl2N2O. The molecule has 5 heteroatoms. The Bertz CT molecular complexity index is 338. The topological polar surface area (TPSA) is 33.2 Å². The molecule has 0 saturated heterocycles. The molecule has 0 aliphatic carbocycles. The zero-order chi connectivity index (χ0) is 11.4. The average Bonchev–Trinajstić information content (AvgIpc) is 2.17. The molecule has 1 unspecified atom stereocenters. The van der Waals surface area contributed by atoms with Crippen molar-refractivity contribution in [3.05, 3.63) is 29.0 Å². The van der Waals surface area contributed by atoms with Crippen molar-refractivity contribution in [3.63, 3.8) is 0 Å². The lowest BCUT2D eigenvalue weighted by Crippen LogP contribution is -2.31. The highest BCUT2D eigenvalue weighted by atomic mass is 35.5. The third-order valence-corrected chi connectivity index (χ3v) is 2.18. The normalized spacial score (nSPS) is 12.3. The molecule has 1 atom stereocenters. The summed E-state index contributed by atoms with van der Waals surface area (Å²) in [4.78, 5) is 17.2. The van der Waals surface area contributed by atoms with Crippen LogP contribution < -0.4 is 0 Å². The minimum absolute atomic E-state index is 0.0775. The first-order chi connectivity index (χ1) is 7.00. The van der Waals surface area contributed by atoms with Crippen molar-refractivity contribution in [3.8, 4) is 0 Å². The molecule has 0 fully saturated rings. The minimum Gasteiger partial charge on any atom is -0.339 e. The number of nitrogens with zero attached hydrogens (tertiary/aromatic N) is 2. The quantitative estimate of drug-likeness (QED) is 0.768. The molecule has 0 aromatic carbocycles. The predicted octanol–water partition coefficient (Wildman–Crippen LogP) is 2.43. The van der Waals surface area contributed by atoms with Gasteiger partial charge in [0.1, 0.15) is 5.69 Å². The average molecular weight is 247 g/mol. The molecule has 82 valence electrons. The second-order valence-electron chi connectivity index (χ2n) is 3.33. The molecule has 15 heavy (non-hydrogen) atoms. The van der Waals surface area contributed by atoms with Crippen molar-refractivity contribution in [2.45, 2.75) is 12.3 Å². The third-order valence-electron chi connectivity index (χ3n) is 1.82. The van der Waals surface area contributed by atoms with Crippen LogP contribution in [-0.4, -0.2) is 34.8 Å². The van der Waals surface area contributed by atoms with Crippen LogP contribution in [0.3, 0.4) is 0 Å². The van der Waals surface area contributed by atoms with Crippen LogP contribution in [0.1, 0.15) is 17.4 Å². The Labute approximate surface area is 99.0 Å². The van der Waals surface area contributed by atoms with Crippen LogP contribution in [0.15, 0.2) is 18.3 Å². The van der Waals surface area contributed by atoms with E-state index in [1.54, 1.807) is 19.2 Å². The fourth-order valence-corrected chi connectivity index (χ4v) is 1.48. The fourth-order valence-electron chi connectivity index (χ4n) is 1.16. The highest BCUT2D eigenvalue weighted by Gasteiger charge is 2.14. The zero-order valence-corrected chi connectivity index (χ0v) is 10.1. The van der Waals surface area contributed by atoms with Gasteiger partial charge in [-0.25, -0.2) is 4.98 Å². The molecule has 3 nitrogen and oxygen atoms in total. The van der Waals surface area contributed by atoms with Crippen molar-refractivity contribution in [1.82, 2.24) is 9.88 Å². The lowest BCUT2D eigenvalue weighted by molar-refractivity contribution is 0.0790. The van der Waals surface area contributed by atoms with E-state index in [0.29, 0.717) is 17.3 Å². The van der Waals surface area contributed by atoms with Crippen molar-refractivity contribution >= 4 is 29.1 Å².